The zero-order chi connectivity index (χ0) is 15.0. The maximum atomic E-state index is 6.52. The first kappa shape index (κ1) is 16.3. The van der Waals surface area contributed by atoms with Gasteiger partial charge in [0.25, 0.3) is 0 Å². The van der Waals surface area contributed by atoms with E-state index >= 15 is 0 Å². The van der Waals surface area contributed by atoms with E-state index < -0.39 is 0 Å². The fourth-order valence-electron chi connectivity index (χ4n) is 4.42. The van der Waals surface area contributed by atoms with Crippen LogP contribution in [0.5, 0.6) is 0 Å². The summed E-state index contributed by atoms with van der Waals surface area (Å²) in [7, 11) is 0. The van der Waals surface area contributed by atoms with E-state index in [2.05, 4.69) is 46.6 Å². The molecule has 0 bridgehead atoms. The van der Waals surface area contributed by atoms with Gasteiger partial charge in [0.15, 0.2) is 0 Å². The van der Waals surface area contributed by atoms with Gasteiger partial charge < -0.3 is 0 Å². The summed E-state index contributed by atoms with van der Waals surface area (Å²) in [6, 6.07) is 0. The number of hydrogen-bond acceptors (Lipinski definition) is 2. The number of nitrogens with zero attached hydrogens (tertiary/aromatic N) is 1. The summed E-state index contributed by atoms with van der Waals surface area (Å²) in [4.78, 5) is 6.52. The van der Waals surface area contributed by atoms with Crippen LogP contribution in [0.2, 0.25) is 0 Å². The second kappa shape index (κ2) is 5.96. The molecule has 2 rings (SSSR count). The summed E-state index contributed by atoms with van der Waals surface area (Å²) in [6.07, 6.45) is 9.52. The molecule has 0 aromatic rings. The highest BCUT2D eigenvalue weighted by molar-refractivity contribution is 4.97. The Labute approximate surface area is 126 Å². The zero-order valence-electron chi connectivity index (χ0n) is 14.5. The molecular weight excluding hydrogens is 246 g/mol. The maximum absolute atomic E-state index is 6.52. The molecule has 2 nitrogen and oxygen atoms in total. The highest BCUT2D eigenvalue weighted by Gasteiger charge is 2.47. The van der Waals surface area contributed by atoms with Crippen molar-refractivity contribution < 1.29 is 4.84 Å². The second-order valence-corrected chi connectivity index (χ2v) is 8.70. The van der Waals surface area contributed by atoms with E-state index in [9.17, 15) is 0 Å². The van der Waals surface area contributed by atoms with Gasteiger partial charge in [0, 0.05) is 11.1 Å². The third-order valence-electron chi connectivity index (χ3n) is 5.37. The lowest BCUT2D eigenvalue weighted by Crippen LogP contribution is -2.61. The Morgan fingerprint density at radius 1 is 0.900 bits per heavy atom. The average Bonchev–Trinajstić information content (AvgIpc) is 2.34. The van der Waals surface area contributed by atoms with Crippen LogP contribution in [-0.4, -0.2) is 22.2 Å². The minimum Gasteiger partial charge on any atom is -0.295 e. The van der Waals surface area contributed by atoms with Crippen LogP contribution in [0.25, 0.3) is 0 Å². The molecule has 0 atom stereocenters. The monoisotopic (exact) mass is 281 g/mol. The Morgan fingerprint density at radius 3 is 1.85 bits per heavy atom. The van der Waals surface area contributed by atoms with Gasteiger partial charge in [-0.15, -0.1) is 0 Å². The van der Waals surface area contributed by atoms with Crippen LogP contribution in [-0.2, 0) is 4.84 Å². The molecule has 0 radical (unpaired) electrons. The van der Waals surface area contributed by atoms with Gasteiger partial charge in [-0.1, -0.05) is 33.1 Å². The highest BCUT2D eigenvalue weighted by Crippen LogP contribution is 2.45. The Hall–Kier alpha value is -0.0800. The molecule has 1 saturated carbocycles. The van der Waals surface area contributed by atoms with E-state index in [0.717, 1.165) is 11.8 Å². The summed E-state index contributed by atoms with van der Waals surface area (Å²) >= 11 is 0. The van der Waals surface area contributed by atoms with Crippen molar-refractivity contribution in [2.24, 2.45) is 11.8 Å². The first-order valence-electron chi connectivity index (χ1n) is 8.69. The summed E-state index contributed by atoms with van der Waals surface area (Å²) in [5, 5.41) is 2.37. The summed E-state index contributed by atoms with van der Waals surface area (Å²) in [5.41, 5.74) is 0.294. The largest absolute Gasteiger partial charge is 0.295 e. The van der Waals surface area contributed by atoms with Crippen molar-refractivity contribution in [3.63, 3.8) is 0 Å². The predicted molar refractivity (Wildman–Crippen MR) is 85.5 cm³/mol. The Balaban J connectivity index is 2.09. The number of piperidine rings is 1. The van der Waals surface area contributed by atoms with Crippen molar-refractivity contribution in [1.82, 2.24) is 5.06 Å². The Bertz CT molecular complexity index is 297. The number of hydroxylamine groups is 2. The molecule has 1 saturated heterocycles. The van der Waals surface area contributed by atoms with Gasteiger partial charge in [0.05, 0.1) is 6.10 Å². The molecule has 2 aliphatic rings. The van der Waals surface area contributed by atoms with E-state index in [-0.39, 0.29) is 11.1 Å². The SMILES string of the molecule is CC(C)C1CC(C)(C)N(OC2CCCCC2)C(C)(C)C1. The molecule has 2 fully saturated rings. The number of rotatable bonds is 3. The first-order chi connectivity index (χ1) is 9.22. The minimum absolute atomic E-state index is 0.147. The standard InChI is InChI=1S/C18H35NO/c1-14(2)15-12-17(3,4)19(18(5,6)13-15)20-16-10-8-7-9-11-16/h14-16H,7-13H2,1-6H3. The third kappa shape index (κ3) is 3.57. The number of hydrogen-bond donors (Lipinski definition) is 0. The molecule has 0 aromatic heterocycles. The lowest BCUT2D eigenvalue weighted by molar-refractivity contribution is -0.315. The Morgan fingerprint density at radius 2 is 1.40 bits per heavy atom. The third-order valence-corrected chi connectivity index (χ3v) is 5.37. The van der Waals surface area contributed by atoms with Crippen LogP contribution in [0.3, 0.4) is 0 Å². The topological polar surface area (TPSA) is 12.5 Å². The van der Waals surface area contributed by atoms with Gasteiger partial charge in [-0.2, -0.15) is 5.06 Å². The van der Waals surface area contributed by atoms with Crippen LogP contribution in [0.4, 0.5) is 0 Å². The molecule has 1 aliphatic carbocycles. The van der Waals surface area contributed by atoms with E-state index in [1.807, 2.05) is 0 Å². The van der Waals surface area contributed by atoms with Crippen molar-refractivity contribution in [3.8, 4) is 0 Å². The zero-order valence-corrected chi connectivity index (χ0v) is 14.5. The first-order valence-corrected chi connectivity index (χ1v) is 8.69. The lowest BCUT2D eigenvalue weighted by atomic mass is 9.71. The molecule has 0 amide bonds. The van der Waals surface area contributed by atoms with Gasteiger partial charge >= 0.3 is 0 Å². The smallest absolute Gasteiger partial charge is 0.0793 e. The molecule has 2 heteroatoms. The van der Waals surface area contributed by atoms with Gasteiger partial charge in [-0.05, 0) is 65.2 Å². The van der Waals surface area contributed by atoms with Gasteiger partial charge in [0.1, 0.15) is 0 Å². The van der Waals surface area contributed by atoms with Crippen LogP contribution < -0.4 is 0 Å². The van der Waals surface area contributed by atoms with E-state index in [0.29, 0.717) is 6.10 Å². The van der Waals surface area contributed by atoms with Gasteiger partial charge in [-0.3, -0.25) is 4.84 Å². The molecule has 20 heavy (non-hydrogen) atoms. The van der Waals surface area contributed by atoms with Crippen molar-refractivity contribution in [1.29, 1.82) is 0 Å². The molecule has 118 valence electrons. The minimum atomic E-state index is 0.147. The molecule has 0 unspecified atom stereocenters. The van der Waals surface area contributed by atoms with Gasteiger partial charge in [-0.25, -0.2) is 0 Å². The maximum Gasteiger partial charge on any atom is 0.0793 e. The highest BCUT2D eigenvalue weighted by atomic mass is 16.7. The van der Waals surface area contributed by atoms with Crippen LogP contribution >= 0.6 is 0 Å². The fraction of sp³-hybridized carbons (Fsp3) is 1.00. The van der Waals surface area contributed by atoms with Crippen LogP contribution in [0, 0.1) is 11.8 Å². The van der Waals surface area contributed by atoms with E-state index in [4.69, 9.17) is 4.84 Å². The van der Waals surface area contributed by atoms with Crippen LogP contribution in [0.1, 0.15) is 86.5 Å². The van der Waals surface area contributed by atoms with Gasteiger partial charge in [0.2, 0.25) is 0 Å². The van der Waals surface area contributed by atoms with E-state index in [1.165, 1.54) is 44.9 Å². The molecular formula is C18H35NO. The average molecular weight is 281 g/mol. The van der Waals surface area contributed by atoms with Crippen molar-refractivity contribution in [3.05, 3.63) is 0 Å². The van der Waals surface area contributed by atoms with E-state index in [1.54, 1.807) is 0 Å². The normalized spacial score (nSPS) is 28.9. The summed E-state index contributed by atoms with van der Waals surface area (Å²) < 4.78 is 0. The fourth-order valence-corrected chi connectivity index (χ4v) is 4.42. The molecule has 0 N–H and O–H groups in total. The summed E-state index contributed by atoms with van der Waals surface area (Å²) in [6.45, 7) is 14.2. The molecule has 0 spiro atoms. The van der Waals surface area contributed by atoms with Crippen LogP contribution in [0.15, 0.2) is 0 Å². The lowest BCUT2D eigenvalue weighted by Gasteiger charge is -2.55. The van der Waals surface area contributed by atoms with Crippen molar-refractivity contribution in [2.45, 2.75) is 104 Å². The Kier molecular flexibility index (Phi) is 4.86. The molecule has 1 heterocycles. The predicted octanol–water partition coefficient (Wildman–Crippen LogP) is 5.18. The van der Waals surface area contributed by atoms with Crippen molar-refractivity contribution >= 4 is 0 Å². The van der Waals surface area contributed by atoms with Crippen molar-refractivity contribution in [2.75, 3.05) is 0 Å². The summed E-state index contributed by atoms with van der Waals surface area (Å²) in [5.74, 6) is 1.58. The quantitative estimate of drug-likeness (QED) is 0.707. The molecule has 0 aromatic carbocycles. The second-order valence-electron chi connectivity index (χ2n) is 8.70. The molecule has 1 aliphatic heterocycles.